The third-order valence-electron chi connectivity index (χ3n) is 5.82. The Balaban J connectivity index is 1.26. The molecular formula is C22H26N4O4. The SMILES string of the molecule is COc1ccc(N(C)c2ccc(C3CN(C(=O)CC[C@@H]4COC(=O)C4)C3)cn2)nc1. The molecule has 1 amide bonds. The van der Waals surface area contributed by atoms with Crippen LogP contribution < -0.4 is 9.64 Å². The molecule has 0 aromatic carbocycles. The van der Waals surface area contributed by atoms with E-state index < -0.39 is 0 Å². The van der Waals surface area contributed by atoms with Gasteiger partial charge in [0.15, 0.2) is 0 Å². The lowest BCUT2D eigenvalue weighted by atomic mass is 9.91. The highest BCUT2D eigenvalue weighted by Gasteiger charge is 2.32. The first-order valence-electron chi connectivity index (χ1n) is 10.2. The number of likely N-dealkylation sites (tertiary alicyclic amines) is 1. The number of hydrogen-bond acceptors (Lipinski definition) is 7. The fraction of sp³-hybridized carbons (Fsp3) is 0.455. The van der Waals surface area contributed by atoms with Crippen molar-refractivity contribution in [2.75, 3.05) is 38.8 Å². The van der Waals surface area contributed by atoms with Crippen LogP contribution in [0.3, 0.4) is 0 Å². The average molecular weight is 410 g/mol. The minimum absolute atomic E-state index is 0.152. The number of cyclic esters (lactones) is 1. The Labute approximate surface area is 175 Å². The number of pyridine rings is 2. The van der Waals surface area contributed by atoms with E-state index in [0.29, 0.717) is 37.5 Å². The smallest absolute Gasteiger partial charge is 0.306 e. The number of methoxy groups -OCH3 is 1. The maximum Gasteiger partial charge on any atom is 0.306 e. The van der Waals surface area contributed by atoms with Crippen molar-refractivity contribution in [2.24, 2.45) is 5.92 Å². The monoisotopic (exact) mass is 410 g/mol. The molecule has 4 rings (SSSR count). The van der Waals surface area contributed by atoms with Gasteiger partial charge in [0, 0.05) is 44.6 Å². The van der Waals surface area contributed by atoms with Gasteiger partial charge < -0.3 is 19.3 Å². The number of esters is 1. The van der Waals surface area contributed by atoms with E-state index in [1.54, 1.807) is 13.3 Å². The van der Waals surface area contributed by atoms with E-state index in [1.165, 1.54) is 0 Å². The summed E-state index contributed by atoms with van der Waals surface area (Å²) in [7, 11) is 3.53. The van der Waals surface area contributed by atoms with Crippen molar-refractivity contribution in [3.05, 3.63) is 42.2 Å². The number of nitrogens with zero attached hydrogens (tertiary/aromatic N) is 4. The van der Waals surface area contributed by atoms with Gasteiger partial charge in [-0.15, -0.1) is 0 Å². The maximum absolute atomic E-state index is 12.3. The molecule has 0 radical (unpaired) electrons. The van der Waals surface area contributed by atoms with Crippen LogP contribution in [0.4, 0.5) is 11.6 Å². The molecule has 0 unspecified atom stereocenters. The molecule has 158 valence electrons. The molecule has 8 heteroatoms. The van der Waals surface area contributed by atoms with E-state index in [2.05, 4.69) is 16.0 Å². The molecule has 2 saturated heterocycles. The molecule has 8 nitrogen and oxygen atoms in total. The molecule has 4 heterocycles. The zero-order valence-electron chi connectivity index (χ0n) is 17.3. The largest absolute Gasteiger partial charge is 0.495 e. The quantitative estimate of drug-likeness (QED) is 0.649. The van der Waals surface area contributed by atoms with Gasteiger partial charge in [-0.25, -0.2) is 9.97 Å². The van der Waals surface area contributed by atoms with E-state index in [9.17, 15) is 9.59 Å². The highest BCUT2D eigenvalue weighted by Crippen LogP contribution is 2.30. The lowest BCUT2D eigenvalue weighted by Gasteiger charge is -2.39. The molecule has 0 saturated carbocycles. The van der Waals surface area contributed by atoms with Crippen LogP contribution in [0.5, 0.6) is 5.75 Å². The highest BCUT2D eigenvalue weighted by atomic mass is 16.5. The molecule has 0 N–H and O–H groups in total. The zero-order valence-corrected chi connectivity index (χ0v) is 17.3. The minimum atomic E-state index is -0.152. The van der Waals surface area contributed by atoms with Gasteiger partial charge in [0.25, 0.3) is 0 Å². The molecule has 0 spiro atoms. The molecule has 2 aliphatic heterocycles. The Hall–Kier alpha value is -3.16. The Morgan fingerprint density at radius 2 is 1.93 bits per heavy atom. The van der Waals surface area contributed by atoms with Gasteiger partial charge in [0.1, 0.15) is 17.4 Å². The summed E-state index contributed by atoms with van der Waals surface area (Å²) in [6.45, 7) is 1.89. The number of rotatable bonds is 7. The summed E-state index contributed by atoms with van der Waals surface area (Å²) in [6, 6.07) is 7.79. The fourth-order valence-corrected chi connectivity index (χ4v) is 3.77. The second-order valence-corrected chi connectivity index (χ2v) is 7.85. The van der Waals surface area contributed by atoms with Gasteiger partial charge in [-0.2, -0.15) is 0 Å². The first-order chi connectivity index (χ1) is 14.5. The van der Waals surface area contributed by atoms with E-state index >= 15 is 0 Å². The van der Waals surface area contributed by atoms with E-state index in [4.69, 9.17) is 9.47 Å². The number of ether oxygens (including phenoxy) is 2. The second kappa shape index (κ2) is 8.69. The fourth-order valence-electron chi connectivity index (χ4n) is 3.77. The van der Waals surface area contributed by atoms with Crippen molar-refractivity contribution in [3.8, 4) is 5.75 Å². The summed E-state index contributed by atoms with van der Waals surface area (Å²) in [5, 5.41) is 0. The summed E-state index contributed by atoms with van der Waals surface area (Å²) in [5.74, 6) is 2.80. The van der Waals surface area contributed by atoms with Gasteiger partial charge in [-0.05, 0) is 30.2 Å². The molecular weight excluding hydrogens is 384 g/mol. The lowest BCUT2D eigenvalue weighted by Crippen LogP contribution is -2.48. The summed E-state index contributed by atoms with van der Waals surface area (Å²) >= 11 is 0. The first kappa shape index (κ1) is 20.1. The van der Waals surface area contributed by atoms with E-state index in [-0.39, 0.29) is 17.8 Å². The van der Waals surface area contributed by atoms with Gasteiger partial charge in [-0.3, -0.25) is 9.59 Å². The lowest BCUT2D eigenvalue weighted by molar-refractivity contribution is -0.138. The third-order valence-corrected chi connectivity index (χ3v) is 5.82. The highest BCUT2D eigenvalue weighted by molar-refractivity contribution is 5.77. The molecule has 30 heavy (non-hydrogen) atoms. The zero-order chi connectivity index (χ0) is 21.1. The summed E-state index contributed by atoms with van der Waals surface area (Å²) < 4.78 is 10.1. The minimum Gasteiger partial charge on any atom is -0.495 e. The Bertz CT molecular complexity index is 894. The number of anilines is 2. The van der Waals surface area contributed by atoms with Crippen LogP contribution in [0.15, 0.2) is 36.7 Å². The Morgan fingerprint density at radius 1 is 1.20 bits per heavy atom. The van der Waals surface area contributed by atoms with Gasteiger partial charge in [0.05, 0.1) is 26.3 Å². The Morgan fingerprint density at radius 3 is 2.50 bits per heavy atom. The molecule has 0 bridgehead atoms. The average Bonchev–Trinajstić information content (AvgIpc) is 3.16. The number of carbonyl (C=O) groups is 2. The van der Waals surface area contributed by atoms with Crippen molar-refractivity contribution in [3.63, 3.8) is 0 Å². The number of carbonyl (C=O) groups excluding carboxylic acids is 2. The van der Waals surface area contributed by atoms with E-state index in [1.807, 2.05) is 41.2 Å². The molecule has 1 atom stereocenters. The van der Waals surface area contributed by atoms with E-state index in [0.717, 1.165) is 30.3 Å². The summed E-state index contributed by atoms with van der Waals surface area (Å²) in [6.07, 6.45) is 5.19. The van der Waals surface area contributed by atoms with Crippen LogP contribution in [-0.2, 0) is 14.3 Å². The predicted octanol–water partition coefficient (Wildman–Crippen LogP) is 2.52. The number of hydrogen-bond donors (Lipinski definition) is 0. The second-order valence-electron chi connectivity index (χ2n) is 7.85. The van der Waals surface area contributed by atoms with Gasteiger partial charge >= 0.3 is 5.97 Å². The third kappa shape index (κ3) is 4.37. The molecule has 2 aromatic rings. The van der Waals surface area contributed by atoms with Crippen molar-refractivity contribution < 1.29 is 19.1 Å². The normalized spacial score (nSPS) is 18.7. The standard InChI is InChI=1S/C22H26N4O4/c1-25(20-7-5-18(29-2)11-24-20)19-6-4-16(10-23-19)17-12-26(13-17)21(27)8-3-15-9-22(28)30-14-15/h4-7,10-11,15,17H,3,8-9,12-14H2,1-2H3/t15-/m0/s1. The van der Waals surface area contributed by atoms with Gasteiger partial charge in [0.2, 0.25) is 5.91 Å². The molecule has 2 fully saturated rings. The number of amides is 1. The van der Waals surface area contributed by atoms with Crippen LogP contribution in [0.25, 0.3) is 0 Å². The van der Waals surface area contributed by atoms with Crippen LogP contribution in [0.2, 0.25) is 0 Å². The van der Waals surface area contributed by atoms with Crippen LogP contribution in [0, 0.1) is 5.92 Å². The molecule has 0 aliphatic carbocycles. The van der Waals surface area contributed by atoms with Crippen molar-refractivity contribution in [1.29, 1.82) is 0 Å². The maximum atomic E-state index is 12.3. The van der Waals surface area contributed by atoms with Crippen LogP contribution >= 0.6 is 0 Å². The first-order valence-corrected chi connectivity index (χ1v) is 10.2. The molecule has 2 aromatic heterocycles. The summed E-state index contributed by atoms with van der Waals surface area (Å²) in [5.41, 5.74) is 1.13. The topological polar surface area (TPSA) is 84.9 Å². The molecule has 2 aliphatic rings. The van der Waals surface area contributed by atoms with Crippen molar-refractivity contribution in [2.45, 2.75) is 25.2 Å². The van der Waals surface area contributed by atoms with Crippen molar-refractivity contribution in [1.82, 2.24) is 14.9 Å². The van der Waals surface area contributed by atoms with Gasteiger partial charge in [-0.1, -0.05) is 6.07 Å². The van der Waals surface area contributed by atoms with Crippen LogP contribution in [0.1, 0.15) is 30.7 Å². The van der Waals surface area contributed by atoms with Crippen LogP contribution in [-0.4, -0.2) is 60.6 Å². The Kier molecular flexibility index (Phi) is 5.83. The predicted molar refractivity (Wildman–Crippen MR) is 111 cm³/mol. The van der Waals surface area contributed by atoms with Crippen molar-refractivity contribution >= 4 is 23.5 Å². The summed E-state index contributed by atoms with van der Waals surface area (Å²) in [4.78, 5) is 36.2. The number of aromatic nitrogens is 2.